The highest BCUT2D eigenvalue weighted by atomic mass is 16.3. The van der Waals surface area contributed by atoms with Crippen LogP contribution < -0.4 is 5.32 Å². The largest absolute Gasteiger partial charge is 0.463 e. The van der Waals surface area contributed by atoms with Crippen LogP contribution in [0.3, 0.4) is 0 Å². The average Bonchev–Trinajstić information content (AvgIpc) is 2.73. The highest BCUT2D eigenvalue weighted by Gasteiger charge is 2.32. The lowest BCUT2D eigenvalue weighted by Gasteiger charge is -2.30. The Kier molecular flexibility index (Phi) is 3.59. The molecule has 0 aliphatic carbocycles. The number of rotatable bonds is 4. The van der Waals surface area contributed by atoms with E-state index in [2.05, 4.69) is 37.1 Å². The van der Waals surface area contributed by atoms with Crippen molar-refractivity contribution in [2.45, 2.75) is 52.2 Å². The van der Waals surface area contributed by atoms with Crippen LogP contribution in [0.2, 0.25) is 0 Å². The monoisotopic (exact) mass is 236 g/mol. The van der Waals surface area contributed by atoms with Crippen LogP contribution >= 0.6 is 0 Å². The normalized spacial score (nSPS) is 20.0. The van der Waals surface area contributed by atoms with Gasteiger partial charge in [0.25, 0.3) is 0 Å². The van der Waals surface area contributed by atoms with Gasteiger partial charge in [-0.25, -0.2) is 0 Å². The van der Waals surface area contributed by atoms with E-state index in [9.17, 15) is 0 Å². The van der Waals surface area contributed by atoms with E-state index in [0.717, 1.165) is 24.6 Å². The van der Waals surface area contributed by atoms with Gasteiger partial charge in [0.05, 0.1) is 13.1 Å². The van der Waals surface area contributed by atoms with E-state index in [0.29, 0.717) is 5.54 Å². The van der Waals surface area contributed by atoms with Gasteiger partial charge in [0, 0.05) is 5.54 Å². The third-order valence-corrected chi connectivity index (χ3v) is 3.83. The fraction of sp³-hybridized carbons (Fsp3) is 0.714. The third-order valence-electron chi connectivity index (χ3n) is 3.83. The third kappa shape index (κ3) is 2.72. The molecule has 0 spiro atoms. The Morgan fingerprint density at radius 1 is 1.47 bits per heavy atom. The summed E-state index contributed by atoms with van der Waals surface area (Å²) in [6.45, 7) is 9.71. The molecule has 2 rings (SSSR count). The van der Waals surface area contributed by atoms with E-state index < -0.39 is 0 Å². The van der Waals surface area contributed by atoms with Gasteiger partial charge >= 0.3 is 0 Å². The van der Waals surface area contributed by atoms with Gasteiger partial charge in [-0.1, -0.05) is 0 Å². The Morgan fingerprint density at radius 2 is 2.24 bits per heavy atom. The summed E-state index contributed by atoms with van der Waals surface area (Å²) in [5, 5.41) is 3.14. The summed E-state index contributed by atoms with van der Waals surface area (Å²) < 4.78 is 5.91. The van der Waals surface area contributed by atoms with Crippen molar-refractivity contribution < 1.29 is 4.42 Å². The first-order valence-corrected chi connectivity index (χ1v) is 6.51. The smallest absolute Gasteiger partial charge is 0.120 e. The fourth-order valence-corrected chi connectivity index (χ4v) is 2.65. The molecule has 3 nitrogen and oxygen atoms in total. The molecule has 0 radical (unpaired) electrons. The van der Waals surface area contributed by atoms with Gasteiger partial charge in [0.1, 0.15) is 11.5 Å². The van der Waals surface area contributed by atoms with Gasteiger partial charge in [-0.2, -0.15) is 0 Å². The molecule has 1 aromatic rings. The van der Waals surface area contributed by atoms with Crippen LogP contribution in [0, 0.1) is 6.92 Å². The molecule has 1 aromatic heterocycles. The van der Waals surface area contributed by atoms with Gasteiger partial charge in [-0.05, 0) is 58.8 Å². The van der Waals surface area contributed by atoms with Gasteiger partial charge in [0.2, 0.25) is 0 Å². The van der Waals surface area contributed by atoms with Crippen LogP contribution in [-0.4, -0.2) is 24.0 Å². The summed E-state index contributed by atoms with van der Waals surface area (Å²) in [5.74, 6) is 2.17. The van der Waals surface area contributed by atoms with Crippen molar-refractivity contribution in [3.8, 4) is 0 Å². The van der Waals surface area contributed by atoms with Crippen LogP contribution in [0.1, 0.15) is 43.8 Å². The molecule has 1 saturated heterocycles. The number of nitrogens with zero attached hydrogens (tertiary/aromatic N) is 1. The van der Waals surface area contributed by atoms with E-state index >= 15 is 0 Å². The van der Waals surface area contributed by atoms with Crippen molar-refractivity contribution in [1.29, 1.82) is 0 Å². The molecule has 0 amide bonds. The SMILES string of the molecule is CNCc1oc(CN2CCCC2(C)C)cc1C. The van der Waals surface area contributed by atoms with Crippen LogP contribution in [-0.2, 0) is 13.1 Å². The van der Waals surface area contributed by atoms with Crippen molar-refractivity contribution in [3.05, 3.63) is 23.2 Å². The molecule has 17 heavy (non-hydrogen) atoms. The van der Waals surface area contributed by atoms with E-state index in [4.69, 9.17) is 4.42 Å². The minimum atomic E-state index is 0.323. The maximum Gasteiger partial charge on any atom is 0.120 e. The number of likely N-dealkylation sites (tertiary alicyclic amines) is 1. The van der Waals surface area contributed by atoms with Gasteiger partial charge in [0.15, 0.2) is 0 Å². The molecule has 96 valence electrons. The zero-order valence-electron chi connectivity index (χ0n) is 11.5. The average molecular weight is 236 g/mol. The molecule has 0 unspecified atom stereocenters. The molecular weight excluding hydrogens is 212 g/mol. The van der Waals surface area contributed by atoms with Crippen molar-refractivity contribution in [1.82, 2.24) is 10.2 Å². The quantitative estimate of drug-likeness (QED) is 0.871. The van der Waals surface area contributed by atoms with Crippen LogP contribution in [0.25, 0.3) is 0 Å². The standard InChI is InChI=1S/C14H24N2O/c1-11-8-12(17-13(11)9-15-4)10-16-7-5-6-14(16,2)3/h8,15H,5-7,9-10H2,1-4H3. The lowest BCUT2D eigenvalue weighted by Crippen LogP contribution is -2.37. The second-order valence-corrected chi connectivity index (χ2v) is 5.69. The Hall–Kier alpha value is -0.800. The molecule has 2 heterocycles. The minimum Gasteiger partial charge on any atom is -0.463 e. The number of furan rings is 1. The highest BCUT2D eigenvalue weighted by Crippen LogP contribution is 2.30. The van der Waals surface area contributed by atoms with Crippen molar-refractivity contribution in [2.24, 2.45) is 0 Å². The van der Waals surface area contributed by atoms with E-state index in [-0.39, 0.29) is 0 Å². The molecule has 0 saturated carbocycles. The summed E-state index contributed by atoms with van der Waals surface area (Å²) in [5.41, 5.74) is 1.58. The second kappa shape index (κ2) is 4.83. The first kappa shape index (κ1) is 12.7. The van der Waals surface area contributed by atoms with E-state index in [1.807, 2.05) is 7.05 Å². The molecule has 1 aliphatic rings. The van der Waals surface area contributed by atoms with Crippen LogP contribution in [0.5, 0.6) is 0 Å². The van der Waals surface area contributed by atoms with Crippen molar-refractivity contribution in [3.63, 3.8) is 0 Å². The molecule has 0 aromatic carbocycles. The molecule has 1 fully saturated rings. The number of aryl methyl sites for hydroxylation is 1. The molecular formula is C14H24N2O. The Balaban J connectivity index is 2.06. The molecule has 3 heteroatoms. The van der Waals surface area contributed by atoms with Crippen molar-refractivity contribution in [2.75, 3.05) is 13.6 Å². The summed E-state index contributed by atoms with van der Waals surface area (Å²) in [4.78, 5) is 2.52. The first-order chi connectivity index (χ1) is 8.03. The predicted molar refractivity (Wildman–Crippen MR) is 69.9 cm³/mol. The molecule has 0 bridgehead atoms. The Morgan fingerprint density at radius 3 is 2.82 bits per heavy atom. The lowest BCUT2D eigenvalue weighted by atomic mass is 10.0. The van der Waals surface area contributed by atoms with Gasteiger partial charge < -0.3 is 9.73 Å². The maximum absolute atomic E-state index is 5.91. The Labute approximate surface area is 104 Å². The summed E-state index contributed by atoms with van der Waals surface area (Å²) in [6.07, 6.45) is 2.59. The van der Waals surface area contributed by atoms with Gasteiger partial charge in [-0.3, -0.25) is 4.90 Å². The summed E-state index contributed by atoms with van der Waals surface area (Å²) >= 11 is 0. The van der Waals surface area contributed by atoms with Crippen LogP contribution in [0.4, 0.5) is 0 Å². The zero-order chi connectivity index (χ0) is 12.5. The predicted octanol–water partition coefficient (Wildman–Crippen LogP) is 2.68. The number of hydrogen-bond donors (Lipinski definition) is 1. The topological polar surface area (TPSA) is 28.4 Å². The molecule has 1 N–H and O–H groups in total. The summed E-state index contributed by atoms with van der Waals surface area (Å²) in [6, 6.07) is 2.18. The number of hydrogen-bond acceptors (Lipinski definition) is 3. The summed E-state index contributed by atoms with van der Waals surface area (Å²) in [7, 11) is 1.95. The lowest BCUT2D eigenvalue weighted by molar-refractivity contribution is 0.153. The zero-order valence-corrected chi connectivity index (χ0v) is 11.5. The molecule has 0 atom stereocenters. The highest BCUT2D eigenvalue weighted by molar-refractivity contribution is 5.20. The van der Waals surface area contributed by atoms with E-state index in [1.54, 1.807) is 0 Å². The van der Waals surface area contributed by atoms with Crippen LogP contribution in [0.15, 0.2) is 10.5 Å². The first-order valence-electron chi connectivity index (χ1n) is 6.51. The molecule has 1 aliphatic heterocycles. The fourth-order valence-electron chi connectivity index (χ4n) is 2.65. The van der Waals surface area contributed by atoms with E-state index in [1.165, 1.54) is 24.9 Å². The maximum atomic E-state index is 5.91. The minimum absolute atomic E-state index is 0.323. The Bertz CT molecular complexity index is 382. The number of nitrogens with one attached hydrogen (secondary N) is 1. The van der Waals surface area contributed by atoms with Gasteiger partial charge in [-0.15, -0.1) is 0 Å². The van der Waals surface area contributed by atoms with Crippen molar-refractivity contribution >= 4 is 0 Å². The second-order valence-electron chi connectivity index (χ2n) is 5.69.